The predicted octanol–water partition coefficient (Wildman–Crippen LogP) is 2.55. The summed E-state index contributed by atoms with van der Waals surface area (Å²) in [6, 6.07) is 0. The molecule has 0 aromatic carbocycles. The molecule has 2 rings (SSSR count). The molecule has 1 fully saturated rings. The zero-order valence-corrected chi connectivity index (χ0v) is 8.33. The third-order valence-electron chi connectivity index (χ3n) is 2.50. The van der Waals surface area contributed by atoms with Gasteiger partial charge in [0.1, 0.15) is 6.67 Å². The fourth-order valence-corrected chi connectivity index (χ4v) is 1.60. The summed E-state index contributed by atoms with van der Waals surface area (Å²) in [6.07, 6.45) is 9.07. The Labute approximate surface area is 79.7 Å². The molecule has 0 spiro atoms. The number of nitrogens with zero attached hydrogens (tertiary/aromatic N) is 2. The van der Waals surface area contributed by atoms with Crippen LogP contribution in [0.2, 0.25) is 0 Å². The van der Waals surface area contributed by atoms with Crippen LogP contribution >= 0.6 is 0 Å². The quantitative estimate of drug-likeness (QED) is 0.631. The first-order chi connectivity index (χ1) is 6.25. The Morgan fingerprint density at radius 3 is 3.00 bits per heavy atom. The molecule has 0 aromatic heterocycles. The summed E-state index contributed by atoms with van der Waals surface area (Å²) in [6.45, 7) is 5.08. The third kappa shape index (κ3) is 2.20. The molecular weight excluding hydrogens is 160 g/mol. The van der Waals surface area contributed by atoms with Crippen LogP contribution in [0.25, 0.3) is 0 Å². The highest BCUT2D eigenvalue weighted by Crippen LogP contribution is 2.36. The Kier molecular flexibility index (Phi) is 2.21. The van der Waals surface area contributed by atoms with Crippen molar-refractivity contribution in [1.29, 1.82) is 0 Å². The van der Waals surface area contributed by atoms with Crippen LogP contribution < -0.4 is 0 Å². The van der Waals surface area contributed by atoms with Gasteiger partial charge < -0.3 is 4.90 Å². The van der Waals surface area contributed by atoms with E-state index in [9.17, 15) is 0 Å². The SMILES string of the molecule is CC1=CN(/C=C(\C)C2CC2)CN=C1. The Morgan fingerprint density at radius 1 is 1.62 bits per heavy atom. The number of allylic oxidation sites excluding steroid dienone is 2. The van der Waals surface area contributed by atoms with Crippen LogP contribution in [-0.2, 0) is 0 Å². The summed E-state index contributed by atoms with van der Waals surface area (Å²) < 4.78 is 0. The molecule has 1 saturated carbocycles. The van der Waals surface area contributed by atoms with Gasteiger partial charge in [-0.05, 0) is 38.2 Å². The van der Waals surface area contributed by atoms with Crippen molar-refractivity contribution in [3.8, 4) is 0 Å². The highest BCUT2D eigenvalue weighted by atomic mass is 15.2. The Morgan fingerprint density at radius 2 is 2.38 bits per heavy atom. The molecule has 0 unspecified atom stereocenters. The monoisotopic (exact) mass is 176 g/mol. The van der Waals surface area contributed by atoms with Gasteiger partial charge in [0, 0.05) is 18.6 Å². The smallest absolute Gasteiger partial charge is 0.113 e. The van der Waals surface area contributed by atoms with E-state index in [0.29, 0.717) is 0 Å². The van der Waals surface area contributed by atoms with Crippen LogP contribution in [0.15, 0.2) is 28.5 Å². The molecule has 0 aromatic rings. The molecule has 2 nitrogen and oxygen atoms in total. The van der Waals surface area contributed by atoms with Crippen molar-refractivity contribution in [2.45, 2.75) is 26.7 Å². The Hall–Kier alpha value is -1.05. The molecule has 0 N–H and O–H groups in total. The van der Waals surface area contributed by atoms with E-state index in [4.69, 9.17) is 0 Å². The van der Waals surface area contributed by atoms with E-state index < -0.39 is 0 Å². The van der Waals surface area contributed by atoms with Crippen LogP contribution in [0.1, 0.15) is 26.7 Å². The topological polar surface area (TPSA) is 15.6 Å². The summed E-state index contributed by atoms with van der Waals surface area (Å²) in [7, 11) is 0. The maximum absolute atomic E-state index is 4.26. The van der Waals surface area contributed by atoms with Gasteiger partial charge in [0.15, 0.2) is 0 Å². The minimum absolute atomic E-state index is 0.779. The largest absolute Gasteiger partial charge is 0.334 e. The van der Waals surface area contributed by atoms with Crippen LogP contribution in [0.4, 0.5) is 0 Å². The molecule has 1 aliphatic carbocycles. The van der Waals surface area contributed by atoms with E-state index >= 15 is 0 Å². The summed E-state index contributed by atoms with van der Waals surface area (Å²) in [5.74, 6) is 0.861. The first-order valence-electron chi connectivity index (χ1n) is 4.88. The average molecular weight is 176 g/mol. The van der Waals surface area contributed by atoms with Crippen molar-refractivity contribution in [2.24, 2.45) is 10.9 Å². The van der Waals surface area contributed by atoms with Crippen LogP contribution in [-0.4, -0.2) is 17.8 Å². The Balaban J connectivity index is 2.01. The number of rotatable bonds is 2. The fourth-order valence-electron chi connectivity index (χ4n) is 1.60. The lowest BCUT2D eigenvalue weighted by atomic mass is 10.2. The molecule has 13 heavy (non-hydrogen) atoms. The molecule has 0 saturated heterocycles. The number of hydrogen-bond acceptors (Lipinski definition) is 2. The zero-order chi connectivity index (χ0) is 9.26. The van der Waals surface area contributed by atoms with Crippen molar-refractivity contribution in [3.05, 3.63) is 23.5 Å². The summed E-state index contributed by atoms with van der Waals surface area (Å²) in [4.78, 5) is 6.43. The summed E-state index contributed by atoms with van der Waals surface area (Å²) in [5, 5.41) is 0. The first kappa shape index (κ1) is 8.54. The molecule has 0 radical (unpaired) electrons. The van der Waals surface area contributed by atoms with Gasteiger partial charge in [0.25, 0.3) is 0 Å². The first-order valence-corrected chi connectivity index (χ1v) is 4.88. The molecule has 0 amide bonds. The van der Waals surface area contributed by atoms with E-state index in [0.717, 1.165) is 12.6 Å². The predicted molar refractivity (Wildman–Crippen MR) is 55.4 cm³/mol. The highest BCUT2D eigenvalue weighted by molar-refractivity contribution is 5.78. The second kappa shape index (κ2) is 3.36. The maximum Gasteiger partial charge on any atom is 0.113 e. The lowest BCUT2D eigenvalue weighted by Crippen LogP contribution is -2.15. The van der Waals surface area contributed by atoms with Crippen molar-refractivity contribution >= 4 is 6.21 Å². The standard InChI is InChI=1S/C11H16N2/c1-9-5-12-8-13(6-9)7-10(2)11-3-4-11/h5-7,11H,3-4,8H2,1-2H3/b10-7+. The lowest BCUT2D eigenvalue weighted by molar-refractivity contribution is 0.509. The van der Waals surface area contributed by atoms with E-state index in [1.165, 1.54) is 24.0 Å². The van der Waals surface area contributed by atoms with Gasteiger partial charge in [0.05, 0.1) is 0 Å². The van der Waals surface area contributed by atoms with Crippen molar-refractivity contribution in [2.75, 3.05) is 6.67 Å². The fraction of sp³-hybridized carbons (Fsp3) is 0.545. The molecular formula is C11H16N2. The normalized spacial score (nSPS) is 23.4. The van der Waals surface area contributed by atoms with Gasteiger partial charge in [-0.2, -0.15) is 0 Å². The minimum Gasteiger partial charge on any atom is -0.334 e. The van der Waals surface area contributed by atoms with Gasteiger partial charge in [-0.1, -0.05) is 5.57 Å². The summed E-state index contributed by atoms with van der Waals surface area (Å²) >= 11 is 0. The maximum atomic E-state index is 4.26. The summed E-state index contributed by atoms with van der Waals surface area (Å²) in [5.41, 5.74) is 2.73. The molecule has 2 aliphatic rings. The highest BCUT2D eigenvalue weighted by Gasteiger charge is 2.23. The van der Waals surface area contributed by atoms with Crippen molar-refractivity contribution < 1.29 is 0 Å². The second-order valence-electron chi connectivity index (χ2n) is 3.99. The number of hydrogen-bond donors (Lipinski definition) is 0. The van der Waals surface area contributed by atoms with Crippen LogP contribution in [0, 0.1) is 5.92 Å². The molecule has 2 heteroatoms. The molecule has 1 aliphatic heterocycles. The Bertz CT molecular complexity index is 282. The van der Waals surface area contributed by atoms with Crippen LogP contribution in [0.5, 0.6) is 0 Å². The van der Waals surface area contributed by atoms with Gasteiger partial charge >= 0.3 is 0 Å². The second-order valence-corrected chi connectivity index (χ2v) is 3.99. The van der Waals surface area contributed by atoms with E-state index in [1.807, 2.05) is 6.21 Å². The number of aliphatic imine (C=N–C) groups is 1. The van der Waals surface area contributed by atoms with Gasteiger partial charge in [0.2, 0.25) is 0 Å². The molecule has 0 atom stereocenters. The van der Waals surface area contributed by atoms with Gasteiger partial charge in [-0.25, -0.2) is 0 Å². The van der Waals surface area contributed by atoms with E-state index in [2.05, 4.69) is 36.1 Å². The van der Waals surface area contributed by atoms with E-state index in [-0.39, 0.29) is 0 Å². The molecule has 70 valence electrons. The molecule has 0 bridgehead atoms. The van der Waals surface area contributed by atoms with Gasteiger partial charge in [-0.15, -0.1) is 0 Å². The minimum atomic E-state index is 0.779. The van der Waals surface area contributed by atoms with Crippen LogP contribution in [0.3, 0.4) is 0 Å². The van der Waals surface area contributed by atoms with Crippen molar-refractivity contribution in [3.63, 3.8) is 0 Å². The van der Waals surface area contributed by atoms with Crippen molar-refractivity contribution in [1.82, 2.24) is 4.90 Å². The average Bonchev–Trinajstić information content (AvgIpc) is 2.85. The molecule has 1 heterocycles. The van der Waals surface area contributed by atoms with Gasteiger partial charge in [-0.3, -0.25) is 4.99 Å². The van der Waals surface area contributed by atoms with E-state index in [1.54, 1.807) is 0 Å². The lowest BCUT2D eigenvalue weighted by Gasteiger charge is -2.18. The zero-order valence-electron chi connectivity index (χ0n) is 8.33. The third-order valence-corrected chi connectivity index (χ3v) is 2.50.